The Labute approximate surface area is 76.2 Å². The quantitative estimate of drug-likeness (QED) is 0.756. The van der Waals surface area contributed by atoms with Crippen LogP contribution in [0.4, 0.5) is 0 Å². The van der Waals surface area contributed by atoms with Crippen molar-refractivity contribution < 1.29 is 14.6 Å². The Bertz CT molecular complexity index is 323. The van der Waals surface area contributed by atoms with Crippen LogP contribution in [-0.2, 0) is 11.2 Å². The maximum atomic E-state index is 10.4. The van der Waals surface area contributed by atoms with Crippen LogP contribution in [0.3, 0.4) is 0 Å². The molecule has 0 fully saturated rings. The van der Waals surface area contributed by atoms with Crippen molar-refractivity contribution in [3.05, 3.63) is 23.5 Å². The molecule has 1 aromatic heterocycles. The first-order valence-corrected chi connectivity index (χ1v) is 3.85. The molecule has 0 spiro atoms. The Kier molecular flexibility index (Phi) is 2.84. The van der Waals surface area contributed by atoms with Crippen molar-refractivity contribution in [3.8, 4) is 5.75 Å². The molecule has 0 atom stereocenters. The third-order valence-electron chi connectivity index (χ3n) is 1.67. The molecular formula is C9H11NO3. The van der Waals surface area contributed by atoms with Crippen molar-refractivity contribution in [3.63, 3.8) is 0 Å². The second kappa shape index (κ2) is 3.89. The number of methoxy groups -OCH3 is 1. The minimum Gasteiger partial charge on any atom is -0.495 e. The third-order valence-corrected chi connectivity index (χ3v) is 1.67. The zero-order valence-corrected chi connectivity index (χ0v) is 7.57. The van der Waals surface area contributed by atoms with Gasteiger partial charge in [-0.2, -0.15) is 0 Å². The van der Waals surface area contributed by atoms with E-state index in [0.29, 0.717) is 11.4 Å². The lowest BCUT2D eigenvalue weighted by Crippen LogP contribution is -2.03. The van der Waals surface area contributed by atoms with Gasteiger partial charge in [-0.25, -0.2) is 0 Å². The lowest BCUT2D eigenvalue weighted by atomic mass is 10.2. The van der Waals surface area contributed by atoms with Crippen molar-refractivity contribution in [1.29, 1.82) is 0 Å². The van der Waals surface area contributed by atoms with Gasteiger partial charge in [0.2, 0.25) is 0 Å². The summed E-state index contributed by atoms with van der Waals surface area (Å²) in [6, 6.07) is 1.72. The first kappa shape index (κ1) is 9.51. The standard InChI is InChI=1S/C9H11NO3/c1-6-3-7(4-9(11)12)10-5-8(6)13-2/h3,5H,4H2,1-2H3,(H,11,12). The number of aryl methyl sites for hydroxylation is 1. The fourth-order valence-electron chi connectivity index (χ4n) is 1.07. The molecule has 0 saturated carbocycles. The topological polar surface area (TPSA) is 59.4 Å². The molecule has 0 aliphatic rings. The molecule has 0 bridgehead atoms. The van der Waals surface area contributed by atoms with E-state index >= 15 is 0 Å². The highest BCUT2D eigenvalue weighted by Crippen LogP contribution is 2.15. The number of carboxylic acid groups (broad SMARTS) is 1. The molecule has 0 saturated heterocycles. The van der Waals surface area contributed by atoms with Gasteiger partial charge in [0.15, 0.2) is 0 Å². The maximum absolute atomic E-state index is 10.4. The number of rotatable bonds is 3. The van der Waals surface area contributed by atoms with Crippen molar-refractivity contribution in [2.45, 2.75) is 13.3 Å². The van der Waals surface area contributed by atoms with E-state index in [2.05, 4.69) is 4.98 Å². The highest BCUT2D eigenvalue weighted by molar-refractivity contribution is 5.69. The van der Waals surface area contributed by atoms with Crippen LogP contribution in [0.5, 0.6) is 5.75 Å². The van der Waals surface area contributed by atoms with Crippen molar-refractivity contribution in [1.82, 2.24) is 4.98 Å². The first-order chi connectivity index (χ1) is 6.13. The number of carbonyl (C=O) groups is 1. The summed E-state index contributed by atoms with van der Waals surface area (Å²) in [5, 5.41) is 8.51. The number of ether oxygens (including phenoxy) is 1. The number of hydrogen-bond acceptors (Lipinski definition) is 3. The summed E-state index contributed by atoms with van der Waals surface area (Å²) in [5.74, 6) is -0.203. The molecule has 0 radical (unpaired) electrons. The van der Waals surface area contributed by atoms with Gasteiger partial charge in [0.05, 0.1) is 25.4 Å². The molecule has 0 aliphatic heterocycles. The van der Waals surface area contributed by atoms with Crippen LogP contribution < -0.4 is 4.74 Å². The zero-order valence-electron chi connectivity index (χ0n) is 7.57. The van der Waals surface area contributed by atoms with Crippen LogP contribution in [0.25, 0.3) is 0 Å². The van der Waals surface area contributed by atoms with Gasteiger partial charge in [0, 0.05) is 0 Å². The van der Waals surface area contributed by atoms with Crippen molar-refractivity contribution in [2.75, 3.05) is 7.11 Å². The first-order valence-electron chi connectivity index (χ1n) is 3.85. The highest BCUT2D eigenvalue weighted by atomic mass is 16.5. The number of carboxylic acids is 1. The summed E-state index contributed by atoms with van der Waals surface area (Å²) >= 11 is 0. The number of aromatic nitrogens is 1. The molecule has 0 unspecified atom stereocenters. The van der Waals surface area contributed by atoms with E-state index in [1.54, 1.807) is 13.2 Å². The predicted octanol–water partition coefficient (Wildman–Crippen LogP) is 1.03. The van der Waals surface area contributed by atoms with Gasteiger partial charge < -0.3 is 9.84 Å². The molecule has 4 nitrogen and oxygen atoms in total. The second-order valence-electron chi connectivity index (χ2n) is 2.72. The molecule has 0 aliphatic carbocycles. The van der Waals surface area contributed by atoms with E-state index in [-0.39, 0.29) is 6.42 Å². The number of nitrogens with zero attached hydrogens (tertiary/aromatic N) is 1. The third kappa shape index (κ3) is 2.43. The molecule has 1 aromatic rings. The molecule has 1 heterocycles. The van der Waals surface area contributed by atoms with E-state index in [1.807, 2.05) is 6.92 Å². The average Bonchev–Trinajstić information content (AvgIpc) is 2.03. The second-order valence-corrected chi connectivity index (χ2v) is 2.72. The maximum Gasteiger partial charge on any atom is 0.309 e. The Balaban J connectivity index is 2.89. The smallest absolute Gasteiger partial charge is 0.309 e. The van der Waals surface area contributed by atoms with Gasteiger partial charge in [0.1, 0.15) is 5.75 Å². The molecular weight excluding hydrogens is 170 g/mol. The summed E-state index contributed by atoms with van der Waals surface area (Å²) in [7, 11) is 1.56. The van der Waals surface area contributed by atoms with Crippen LogP contribution >= 0.6 is 0 Å². The van der Waals surface area contributed by atoms with Gasteiger partial charge in [-0.15, -0.1) is 0 Å². The van der Waals surface area contributed by atoms with E-state index < -0.39 is 5.97 Å². The molecule has 4 heteroatoms. The fourth-order valence-corrected chi connectivity index (χ4v) is 1.07. The number of aliphatic carboxylic acids is 1. The summed E-state index contributed by atoms with van der Waals surface area (Å²) in [4.78, 5) is 14.3. The molecule has 1 N–H and O–H groups in total. The number of pyridine rings is 1. The van der Waals surface area contributed by atoms with E-state index in [0.717, 1.165) is 5.56 Å². The Morgan fingerprint density at radius 2 is 2.38 bits per heavy atom. The van der Waals surface area contributed by atoms with E-state index in [1.165, 1.54) is 6.20 Å². The summed E-state index contributed by atoms with van der Waals surface area (Å²) < 4.78 is 5.00. The van der Waals surface area contributed by atoms with E-state index in [4.69, 9.17) is 9.84 Å². The zero-order chi connectivity index (χ0) is 9.84. The Morgan fingerprint density at radius 3 is 2.85 bits per heavy atom. The van der Waals surface area contributed by atoms with Crippen LogP contribution in [0, 0.1) is 6.92 Å². The molecule has 1 rings (SSSR count). The summed E-state index contributed by atoms with van der Waals surface area (Å²) in [6.07, 6.45) is 1.48. The summed E-state index contributed by atoms with van der Waals surface area (Å²) in [6.45, 7) is 1.85. The fraction of sp³-hybridized carbons (Fsp3) is 0.333. The highest BCUT2D eigenvalue weighted by Gasteiger charge is 2.04. The SMILES string of the molecule is COc1cnc(CC(=O)O)cc1C. The largest absolute Gasteiger partial charge is 0.495 e. The Hall–Kier alpha value is -1.58. The van der Waals surface area contributed by atoms with Gasteiger partial charge in [0.25, 0.3) is 0 Å². The summed E-state index contributed by atoms with van der Waals surface area (Å²) in [5.41, 5.74) is 1.44. The average molecular weight is 181 g/mol. The van der Waals surface area contributed by atoms with E-state index in [9.17, 15) is 4.79 Å². The molecule has 70 valence electrons. The van der Waals surface area contributed by atoms with Crippen LogP contribution in [0.15, 0.2) is 12.3 Å². The van der Waals surface area contributed by atoms with Crippen LogP contribution in [-0.4, -0.2) is 23.2 Å². The normalized spacial score (nSPS) is 9.69. The molecule has 0 amide bonds. The predicted molar refractivity (Wildman–Crippen MR) is 46.9 cm³/mol. The van der Waals surface area contributed by atoms with Gasteiger partial charge in [-0.3, -0.25) is 9.78 Å². The van der Waals surface area contributed by atoms with Gasteiger partial charge >= 0.3 is 5.97 Å². The Morgan fingerprint density at radius 1 is 1.69 bits per heavy atom. The van der Waals surface area contributed by atoms with Crippen LogP contribution in [0.1, 0.15) is 11.3 Å². The van der Waals surface area contributed by atoms with Gasteiger partial charge in [-0.05, 0) is 18.6 Å². The molecule has 0 aromatic carbocycles. The molecule has 13 heavy (non-hydrogen) atoms. The van der Waals surface area contributed by atoms with Crippen molar-refractivity contribution in [2.24, 2.45) is 0 Å². The lowest BCUT2D eigenvalue weighted by molar-refractivity contribution is -0.136. The van der Waals surface area contributed by atoms with Crippen molar-refractivity contribution >= 4 is 5.97 Å². The van der Waals surface area contributed by atoms with Gasteiger partial charge in [-0.1, -0.05) is 0 Å². The van der Waals surface area contributed by atoms with Crippen LogP contribution in [0.2, 0.25) is 0 Å². The lowest BCUT2D eigenvalue weighted by Gasteiger charge is -2.04. The monoisotopic (exact) mass is 181 g/mol. The minimum atomic E-state index is -0.878. The number of hydrogen-bond donors (Lipinski definition) is 1. The minimum absolute atomic E-state index is 0.0508.